The number of Topliss-reactive ketones (excluding diaryl/α,β-unsaturated/α-hetero) is 1. The molecule has 0 aliphatic heterocycles. The molecule has 1 aromatic heterocycles. The van der Waals surface area contributed by atoms with Gasteiger partial charge in [0.05, 0.1) is 5.25 Å². The summed E-state index contributed by atoms with van der Waals surface area (Å²) in [5.41, 5.74) is 5.23. The van der Waals surface area contributed by atoms with Crippen LogP contribution in [0.15, 0.2) is 46.8 Å². The molecule has 168 valence electrons. The number of carbonyl (C=O) groups excluding carboxylic acids is 2. The zero-order valence-corrected chi connectivity index (χ0v) is 20.4. The van der Waals surface area contributed by atoms with E-state index in [1.165, 1.54) is 35.6 Å². The van der Waals surface area contributed by atoms with E-state index in [1.54, 1.807) is 0 Å². The highest BCUT2D eigenvalue weighted by Gasteiger charge is 2.19. The maximum atomic E-state index is 12.9. The number of nitrogens with one attached hydrogen (secondary N) is 2. The number of hydrogen-bond donors (Lipinski definition) is 2. The van der Waals surface area contributed by atoms with Crippen LogP contribution in [0.1, 0.15) is 47.8 Å². The number of aryl methyl sites for hydroxylation is 2. The summed E-state index contributed by atoms with van der Waals surface area (Å²) in [4.78, 5) is 23.8. The molecule has 32 heavy (non-hydrogen) atoms. The third-order valence-corrected chi connectivity index (χ3v) is 7.07. The number of ketones is 1. The van der Waals surface area contributed by atoms with Crippen molar-refractivity contribution in [2.24, 2.45) is 0 Å². The van der Waals surface area contributed by atoms with Crippen molar-refractivity contribution in [2.45, 2.75) is 50.1 Å². The van der Waals surface area contributed by atoms with Gasteiger partial charge in [-0.15, -0.1) is 10.2 Å². The van der Waals surface area contributed by atoms with E-state index < -0.39 is 0 Å². The van der Waals surface area contributed by atoms with Gasteiger partial charge in [0.1, 0.15) is 0 Å². The minimum Gasteiger partial charge on any atom is -0.356 e. The van der Waals surface area contributed by atoms with Crippen molar-refractivity contribution in [1.82, 2.24) is 15.5 Å². The molecule has 1 heterocycles. The SMILES string of the molecule is CCc1cccc(C)c1Nc1nnc(SC(C)C(=O)c2ccc(CCNC(C)=O)cc2)s1. The predicted octanol–water partition coefficient (Wildman–Crippen LogP) is 5.19. The Balaban J connectivity index is 1.59. The van der Waals surface area contributed by atoms with Crippen LogP contribution in [0, 0.1) is 6.92 Å². The van der Waals surface area contributed by atoms with Crippen LogP contribution in [0.3, 0.4) is 0 Å². The summed E-state index contributed by atoms with van der Waals surface area (Å²) in [6.07, 6.45) is 1.67. The fourth-order valence-electron chi connectivity index (χ4n) is 3.27. The summed E-state index contributed by atoms with van der Waals surface area (Å²) in [5.74, 6) is 0.0164. The van der Waals surface area contributed by atoms with Gasteiger partial charge in [-0.05, 0) is 43.4 Å². The summed E-state index contributed by atoms with van der Waals surface area (Å²) in [6, 6.07) is 13.8. The number of hydrogen-bond acceptors (Lipinski definition) is 7. The molecule has 0 saturated heterocycles. The van der Waals surface area contributed by atoms with Crippen LogP contribution < -0.4 is 10.6 Å². The number of aromatic nitrogens is 2. The monoisotopic (exact) mass is 468 g/mol. The third kappa shape index (κ3) is 6.40. The van der Waals surface area contributed by atoms with Crippen molar-refractivity contribution in [1.29, 1.82) is 0 Å². The first kappa shape index (κ1) is 23.9. The molecular formula is C24H28N4O2S2. The number of para-hydroxylation sites is 1. The molecule has 2 aromatic carbocycles. The molecule has 0 aliphatic rings. The van der Waals surface area contributed by atoms with Crippen molar-refractivity contribution in [3.63, 3.8) is 0 Å². The van der Waals surface area contributed by atoms with Gasteiger partial charge in [-0.3, -0.25) is 9.59 Å². The Labute approximate surface area is 197 Å². The second kappa shape index (κ2) is 11.2. The largest absolute Gasteiger partial charge is 0.356 e. The van der Waals surface area contributed by atoms with Gasteiger partial charge in [0.25, 0.3) is 0 Å². The number of thioether (sulfide) groups is 1. The minimum atomic E-state index is -0.273. The van der Waals surface area contributed by atoms with E-state index in [-0.39, 0.29) is 16.9 Å². The Hall–Kier alpha value is -2.71. The number of benzene rings is 2. The van der Waals surface area contributed by atoms with E-state index >= 15 is 0 Å². The fourth-order valence-corrected chi connectivity index (χ4v) is 5.25. The van der Waals surface area contributed by atoms with Gasteiger partial charge in [0.15, 0.2) is 10.1 Å². The summed E-state index contributed by atoms with van der Waals surface area (Å²) in [7, 11) is 0. The zero-order valence-electron chi connectivity index (χ0n) is 18.8. The van der Waals surface area contributed by atoms with Crippen LogP contribution in [-0.2, 0) is 17.6 Å². The molecule has 0 spiro atoms. The lowest BCUT2D eigenvalue weighted by molar-refractivity contribution is -0.118. The van der Waals surface area contributed by atoms with Crippen LogP contribution in [0.2, 0.25) is 0 Å². The van der Waals surface area contributed by atoms with Gasteiger partial charge in [-0.1, -0.05) is 72.5 Å². The van der Waals surface area contributed by atoms with Crippen LogP contribution in [0.4, 0.5) is 10.8 Å². The number of amides is 1. The highest BCUT2D eigenvalue weighted by atomic mass is 32.2. The molecule has 0 saturated carbocycles. The van der Waals surface area contributed by atoms with Gasteiger partial charge in [-0.25, -0.2) is 0 Å². The molecular weight excluding hydrogens is 440 g/mol. The normalized spacial score (nSPS) is 11.8. The van der Waals surface area contributed by atoms with Gasteiger partial charge < -0.3 is 10.6 Å². The van der Waals surface area contributed by atoms with Crippen molar-refractivity contribution in [2.75, 3.05) is 11.9 Å². The first-order valence-corrected chi connectivity index (χ1v) is 12.3. The zero-order chi connectivity index (χ0) is 23.1. The lowest BCUT2D eigenvalue weighted by atomic mass is 10.0. The first-order chi connectivity index (χ1) is 15.4. The highest BCUT2D eigenvalue weighted by molar-refractivity contribution is 8.02. The Morgan fingerprint density at radius 1 is 1.12 bits per heavy atom. The predicted molar refractivity (Wildman–Crippen MR) is 132 cm³/mol. The second-order valence-electron chi connectivity index (χ2n) is 7.51. The van der Waals surface area contributed by atoms with E-state index in [9.17, 15) is 9.59 Å². The molecule has 0 radical (unpaired) electrons. The third-order valence-electron chi connectivity index (χ3n) is 5.05. The molecule has 1 unspecified atom stereocenters. The van der Waals surface area contributed by atoms with E-state index in [1.807, 2.05) is 31.2 Å². The Bertz CT molecular complexity index is 1080. The number of carbonyl (C=O) groups is 2. The minimum absolute atomic E-state index is 0.0395. The average molecular weight is 469 g/mol. The van der Waals surface area contributed by atoms with Crippen LogP contribution in [0.5, 0.6) is 0 Å². The van der Waals surface area contributed by atoms with E-state index in [4.69, 9.17) is 0 Å². The molecule has 0 aliphatic carbocycles. The lowest BCUT2D eigenvalue weighted by Crippen LogP contribution is -2.22. The van der Waals surface area contributed by atoms with Gasteiger partial charge in [0, 0.05) is 24.7 Å². The quantitative estimate of drug-likeness (QED) is 0.314. The van der Waals surface area contributed by atoms with Gasteiger partial charge in [-0.2, -0.15) is 0 Å². The molecule has 1 amide bonds. The first-order valence-electron chi connectivity index (χ1n) is 10.6. The summed E-state index contributed by atoms with van der Waals surface area (Å²) in [5, 5.41) is 15.1. The van der Waals surface area contributed by atoms with Crippen molar-refractivity contribution in [3.05, 3.63) is 64.7 Å². The van der Waals surface area contributed by atoms with Gasteiger partial charge >= 0.3 is 0 Å². The van der Waals surface area contributed by atoms with Gasteiger partial charge in [0.2, 0.25) is 11.0 Å². The standard InChI is InChI=1S/C24H28N4O2S2/c1-5-19-8-6-7-15(2)21(19)26-23-27-28-24(32-23)31-16(3)22(30)20-11-9-18(10-12-20)13-14-25-17(4)29/h6-12,16H,5,13-14H2,1-4H3,(H,25,29)(H,26,27). The fraction of sp³-hybridized carbons (Fsp3) is 0.333. The molecule has 2 N–H and O–H groups in total. The molecule has 0 fully saturated rings. The summed E-state index contributed by atoms with van der Waals surface area (Å²) >= 11 is 2.87. The summed E-state index contributed by atoms with van der Waals surface area (Å²) in [6.45, 7) is 8.18. The highest BCUT2D eigenvalue weighted by Crippen LogP contribution is 2.33. The van der Waals surface area contributed by atoms with Crippen LogP contribution >= 0.6 is 23.1 Å². The molecule has 1 atom stereocenters. The number of anilines is 2. The maximum absolute atomic E-state index is 12.9. The Morgan fingerprint density at radius 2 is 1.88 bits per heavy atom. The number of nitrogens with zero attached hydrogens (tertiary/aromatic N) is 2. The summed E-state index contributed by atoms with van der Waals surface area (Å²) < 4.78 is 0.756. The van der Waals surface area contributed by atoms with E-state index in [0.717, 1.165) is 39.1 Å². The van der Waals surface area contributed by atoms with Crippen molar-refractivity contribution in [3.8, 4) is 0 Å². The van der Waals surface area contributed by atoms with E-state index in [0.29, 0.717) is 12.1 Å². The van der Waals surface area contributed by atoms with Crippen molar-refractivity contribution >= 4 is 45.6 Å². The van der Waals surface area contributed by atoms with Crippen molar-refractivity contribution < 1.29 is 9.59 Å². The average Bonchev–Trinajstić information content (AvgIpc) is 3.21. The second-order valence-corrected chi connectivity index (χ2v) is 10.1. The Kier molecular flexibility index (Phi) is 8.41. The Morgan fingerprint density at radius 3 is 2.56 bits per heavy atom. The lowest BCUT2D eigenvalue weighted by Gasteiger charge is -2.11. The molecule has 3 rings (SSSR count). The number of rotatable bonds is 10. The molecule has 0 bridgehead atoms. The maximum Gasteiger partial charge on any atom is 0.216 e. The molecule has 6 nitrogen and oxygen atoms in total. The molecule has 3 aromatic rings. The smallest absolute Gasteiger partial charge is 0.216 e. The van der Waals surface area contributed by atoms with Crippen LogP contribution in [0.25, 0.3) is 0 Å². The van der Waals surface area contributed by atoms with E-state index in [2.05, 4.69) is 52.9 Å². The molecule has 8 heteroatoms. The topological polar surface area (TPSA) is 84.0 Å². The van der Waals surface area contributed by atoms with Crippen LogP contribution in [-0.4, -0.2) is 33.7 Å².